The molecule has 0 radical (unpaired) electrons. The molecule has 1 aliphatic heterocycles. The molecule has 4 aromatic rings. The number of hydrogen-bond donors (Lipinski definition) is 1. The predicted octanol–water partition coefficient (Wildman–Crippen LogP) is 3.98. The Bertz CT molecular complexity index is 1910. The fourth-order valence-electron chi connectivity index (χ4n) is 5.57. The van der Waals surface area contributed by atoms with Gasteiger partial charge in [0, 0.05) is 48.2 Å². The average Bonchev–Trinajstić information content (AvgIpc) is 3.64. The molecular formula is C30H37N7O5S2. The zero-order valence-corrected chi connectivity index (χ0v) is 26.8. The van der Waals surface area contributed by atoms with Gasteiger partial charge in [0.25, 0.3) is 10.0 Å². The highest BCUT2D eigenvalue weighted by molar-refractivity contribution is 7.90. The van der Waals surface area contributed by atoms with E-state index in [-0.39, 0.29) is 42.1 Å². The summed E-state index contributed by atoms with van der Waals surface area (Å²) in [6, 6.07) is 8.06. The van der Waals surface area contributed by atoms with Crippen LogP contribution in [0.1, 0.15) is 45.1 Å². The van der Waals surface area contributed by atoms with Crippen molar-refractivity contribution in [3.63, 3.8) is 0 Å². The van der Waals surface area contributed by atoms with E-state index in [0.29, 0.717) is 29.6 Å². The quantitative estimate of drug-likeness (QED) is 0.240. The highest BCUT2D eigenvalue weighted by Gasteiger charge is 2.38. The number of pyridine rings is 1. The second-order valence-electron chi connectivity index (χ2n) is 12.1. The first-order valence-corrected chi connectivity index (χ1v) is 18.4. The topological polar surface area (TPSA) is 149 Å². The lowest BCUT2D eigenvalue weighted by molar-refractivity contribution is 0.134. The molecule has 0 unspecified atom stereocenters. The second kappa shape index (κ2) is 11.7. The van der Waals surface area contributed by atoms with Crippen LogP contribution >= 0.6 is 0 Å². The highest BCUT2D eigenvalue weighted by atomic mass is 32.2. The number of rotatable bonds is 12. The minimum atomic E-state index is -3.66. The van der Waals surface area contributed by atoms with Gasteiger partial charge in [-0.15, -0.1) is 0 Å². The number of nitrogens with zero attached hydrogens (tertiary/aromatic N) is 6. The first-order chi connectivity index (χ1) is 20.9. The molecule has 0 spiro atoms. The summed E-state index contributed by atoms with van der Waals surface area (Å²) in [5.41, 5.74) is 2.68. The monoisotopic (exact) mass is 639 g/mol. The van der Waals surface area contributed by atoms with Gasteiger partial charge in [-0.05, 0) is 54.8 Å². The normalized spacial score (nSPS) is 19.0. The number of benzene rings is 1. The van der Waals surface area contributed by atoms with E-state index in [9.17, 15) is 16.8 Å². The van der Waals surface area contributed by atoms with Gasteiger partial charge in [-0.1, -0.05) is 19.9 Å². The molecule has 0 bridgehead atoms. The zero-order chi connectivity index (χ0) is 31.2. The molecule has 2 aliphatic rings. The first kappa shape index (κ1) is 30.4. The number of hydrogen-bond acceptors (Lipinski definition) is 11. The maximum absolute atomic E-state index is 12.7. The Labute approximate surface area is 257 Å². The summed E-state index contributed by atoms with van der Waals surface area (Å²) in [5, 5.41) is 9.37. The highest BCUT2D eigenvalue weighted by Crippen LogP contribution is 2.39. The van der Waals surface area contributed by atoms with Crippen LogP contribution in [-0.2, 0) is 24.6 Å². The SMILES string of the molecule is CC(C)c1ccc(N2C[C@H](CS(C)(=O)=O)[C@H]2C)c2cnc(Nc3ccnc(-c4cnn(S(=O)(=O)CCOC5CC5)c4)n3)cc12. The van der Waals surface area contributed by atoms with E-state index < -0.39 is 19.9 Å². The third-order valence-corrected chi connectivity index (χ3v) is 10.7. The van der Waals surface area contributed by atoms with Gasteiger partial charge in [-0.25, -0.2) is 31.8 Å². The number of nitrogens with one attached hydrogen (secondary N) is 1. The lowest BCUT2D eigenvalue weighted by Gasteiger charge is -2.48. The van der Waals surface area contributed by atoms with Crippen LogP contribution in [0.3, 0.4) is 0 Å². The lowest BCUT2D eigenvalue weighted by atomic mass is 9.88. The van der Waals surface area contributed by atoms with Gasteiger partial charge in [-0.3, -0.25) is 0 Å². The van der Waals surface area contributed by atoms with Gasteiger partial charge in [-0.2, -0.15) is 9.19 Å². The Morgan fingerprint density at radius 2 is 1.84 bits per heavy atom. The molecule has 2 atom stereocenters. The van der Waals surface area contributed by atoms with Crippen LogP contribution in [0.2, 0.25) is 0 Å². The number of anilines is 3. The molecular weight excluding hydrogens is 603 g/mol. The van der Waals surface area contributed by atoms with Crippen molar-refractivity contribution >= 4 is 48.0 Å². The van der Waals surface area contributed by atoms with E-state index in [1.807, 2.05) is 12.3 Å². The molecule has 3 aromatic heterocycles. The smallest absolute Gasteiger partial charge is 0.256 e. The molecule has 12 nitrogen and oxygen atoms in total. The molecule has 0 amide bonds. The molecule has 1 saturated heterocycles. The van der Waals surface area contributed by atoms with Crippen LogP contribution in [0.4, 0.5) is 17.3 Å². The fraction of sp³-hybridized carbons (Fsp3) is 0.467. The van der Waals surface area contributed by atoms with E-state index in [1.54, 1.807) is 12.3 Å². The van der Waals surface area contributed by atoms with Crippen molar-refractivity contribution in [2.75, 3.05) is 41.1 Å². The van der Waals surface area contributed by atoms with Crippen LogP contribution in [0.25, 0.3) is 22.2 Å². The van der Waals surface area contributed by atoms with E-state index in [4.69, 9.17) is 4.74 Å². The molecule has 4 heterocycles. The van der Waals surface area contributed by atoms with Crippen molar-refractivity contribution in [3.8, 4) is 11.4 Å². The van der Waals surface area contributed by atoms with Crippen LogP contribution < -0.4 is 10.2 Å². The Morgan fingerprint density at radius 1 is 1.05 bits per heavy atom. The van der Waals surface area contributed by atoms with Gasteiger partial charge in [0.15, 0.2) is 5.82 Å². The number of sulfone groups is 1. The second-order valence-corrected chi connectivity index (χ2v) is 16.2. The molecule has 2 fully saturated rings. The van der Waals surface area contributed by atoms with Gasteiger partial charge >= 0.3 is 0 Å². The van der Waals surface area contributed by atoms with Gasteiger partial charge in [0.1, 0.15) is 21.5 Å². The molecule has 1 N–H and O–H groups in total. The third kappa shape index (κ3) is 6.57. The molecule has 6 rings (SSSR count). The summed E-state index contributed by atoms with van der Waals surface area (Å²) in [6.07, 6.45) is 9.72. The average molecular weight is 640 g/mol. The van der Waals surface area contributed by atoms with Crippen molar-refractivity contribution in [1.29, 1.82) is 0 Å². The first-order valence-electron chi connectivity index (χ1n) is 14.7. The van der Waals surface area contributed by atoms with E-state index in [0.717, 1.165) is 33.4 Å². The maximum Gasteiger partial charge on any atom is 0.256 e. The Hall–Kier alpha value is -3.62. The lowest BCUT2D eigenvalue weighted by Crippen LogP contribution is -2.57. The molecule has 44 heavy (non-hydrogen) atoms. The molecule has 234 valence electrons. The summed E-state index contributed by atoms with van der Waals surface area (Å²) < 4.78 is 55.5. The maximum atomic E-state index is 12.7. The summed E-state index contributed by atoms with van der Waals surface area (Å²) >= 11 is 0. The van der Waals surface area contributed by atoms with Gasteiger partial charge in [0.2, 0.25) is 0 Å². The summed E-state index contributed by atoms with van der Waals surface area (Å²) in [5.74, 6) is 1.82. The summed E-state index contributed by atoms with van der Waals surface area (Å²) in [6.45, 7) is 7.18. The van der Waals surface area contributed by atoms with Gasteiger partial charge < -0.3 is 15.0 Å². The molecule has 1 saturated carbocycles. The Kier molecular flexibility index (Phi) is 8.09. The molecule has 1 aromatic carbocycles. The van der Waals surface area contributed by atoms with Crippen LogP contribution in [0.15, 0.2) is 49.1 Å². The van der Waals surface area contributed by atoms with E-state index in [2.05, 4.69) is 63.2 Å². The molecule has 14 heteroatoms. The van der Waals surface area contributed by atoms with Gasteiger partial charge in [0.05, 0.1) is 42.2 Å². The largest absolute Gasteiger partial charge is 0.377 e. The van der Waals surface area contributed by atoms with E-state index in [1.165, 1.54) is 24.2 Å². The third-order valence-electron chi connectivity index (χ3n) is 8.20. The van der Waals surface area contributed by atoms with Crippen molar-refractivity contribution in [2.24, 2.45) is 5.92 Å². The number of ether oxygens (including phenoxy) is 1. The van der Waals surface area contributed by atoms with Crippen molar-refractivity contribution in [2.45, 2.75) is 51.7 Å². The Morgan fingerprint density at radius 3 is 2.55 bits per heavy atom. The zero-order valence-electron chi connectivity index (χ0n) is 25.2. The van der Waals surface area contributed by atoms with E-state index >= 15 is 0 Å². The van der Waals surface area contributed by atoms with Crippen LogP contribution in [0.5, 0.6) is 0 Å². The Balaban J connectivity index is 1.22. The van der Waals surface area contributed by atoms with Crippen LogP contribution in [-0.4, -0.2) is 84.0 Å². The fourth-order valence-corrected chi connectivity index (χ4v) is 7.70. The number of aromatic nitrogens is 5. The van der Waals surface area contributed by atoms with Crippen molar-refractivity contribution < 1.29 is 21.6 Å². The predicted molar refractivity (Wildman–Crippen MR) is 171 cm³/mol. The minimum Gasteiger partial charge on any atom is -0.377 e. The standard InChI is InChI=1S/C30H37N7O5S2/c1-19(2)24-7-8-27(36-16-22(20(36)3)18-43(4,38)39)26-15-32-29(13-25(24)26)34-28-9-10-31-30(35-28)21-14-33-37(17-21)44(40,41)12-11-42-23-5-6-23/h7-10,13-15,17,19-20,22-23H,5-6,11-12,16,18H2,1-4H3,(H,31,32,34,35)/t20-,22-/m1/s1. The van der Waals surface area contributed by atoms with Crippen molar-refractivity contribution in [3.05, 3.63) is 54.6 Å². The minimum absolute atomic E-state index is 0.0965. The van der Waals surface area contributed by atoms with Crippen molar-refractivity contribution in [1.82, 2.24) is 24.1 Å². The summed E-state index contributed by atoms with van der Waals surface area (Å²) in [7, 11) is -6.70. The molecule has 1 aliphatic carbocycles. The number of fused-ring (bicyclic) bond motifs is 1. The summed E-state index contributed by atoms with van der Waals surface area (Å²) in [4.78, 5) is 15.8. The van der Waals surface area contributed by atoms with Crippen LogP contribution in [0, 0.1) is 5.92 Å².